The van der Waals surface area contributed by atoms with Gasteiger partial charge in [0.05, 0.1) is 22.1 Å². The van der Waals surface area contributed by atoms with Crippen molar-refractivity contribution in [1.82, 2.24) is 15.0 Å². The number of benzene rings is 1. The van der Waals surface area contributed by atoms with E-state index in [0.717, 1.165) is 12.8 Å². The highest BCUT2D eigenvalue weighted by Gasteiger charge is 2.22. The van der Waals surface area contributed by atoms with Crippen LogP contribution in [0.4, 0.5) is 21.8 Å². The number of rotatable bonds is 5. The Kier molecular flexibility index (Phi) is 4.19. The molecule has 1 saturated carbocycles. The Bertz CT molecular complexity index is 879. The number of halogens is 2. The summed E-state index contributed by atoms with van der Waals surface area (Å²) in [6.45, 7) is 0. The van der Waals surface area contributed by atoms with Crippen molar-refractivity contribution in [2.45, 2.75) is 18.9 Å². The molecule has 25 heavy (non-hydrogen) atoms. The van der Waals surface area contributed by atoms with Crippen LogP contribution in [0.25, 0.3) is 11.4 Å². The summed E-state index contributed by atoms with van der Waals surface area (Å²) < 4.78 is 14.1. The molecule has 0 radical (unpaired) electrons. The number of aromatic nitrogens is 3. The van der Waals surface area contributed by atoms with Gasteiger partial charge in [-0.1, -0.05) is 23.7 Å². The standard InChI is InChI=1S/C18H15ClFN5/c19-12-4-3-5-13(20)17(12)24-16-10-15(14-6-1-2-9-21-14)23-18(25-16)22-11-7-8-11/h1-6,9-11H,7-8H2,(H2,22,23,24,25). The summed E-state index contributed by atoms with van der Waals surface area (Å²) in [4.78, 5) is 13.3. The molecule has 0 saturated heterocycles. The highest BCUT2D eigenvalue weighted by atomic mass is 35.5. The van der Waals surface area contributed by atoms with Crippen LogP contribution in [0.2, 0.25) is 5.02 Å². The van der Waals surface area contributed by atoms with Crippen molar-refractivity contribution < 1.29 is 4.39 Å². The van der Waals surface area contributed by atoms with Gasteiger partial charge in [-0.15, -0.1) is 0 Å². The molecule has 126 valence electrons. The maximum atomic E-state index is 14.1. The van der Waals surface area contributed by atoms with Crippen LogP contribution >= 0.6 is 11.6 Å². The smallest absolute Gasteiger partial charge is 0.225 e. The molecule has 1 aliphatic carbocycles. The Labute approximate surface area is 149 Å². The average Bonchev–Trinajstić information content (AvgIpc) is 3.43. The fourth-order valence-corrected chi connectivity index (χ4v) is 2.59. The molecule has 5 nitrogen and oxygen atoms in total. The Morgan fingerprint density at radius 2 is 1.92 bits per heavy atom. The Morgan fingerprint density at radius 3 is 2.64 bits per heavy atom. The molecule has 0 aliphatic heterocycles. The monoisotopic (exact) mass is 355 g/mol. The topological polar surface area (TPSA) is 62.7 Å². The first-order chi connectivity index (χ1) is 12.2. The van der Waals surface area contributed by atoms with Crippen LogP contribution in [0, 0.1) is 5.82 Å². The number of para-hydroxylation sites is 1. The first kappa shape index (κ1) is 15.8. The molecule has 0 amide bonds. The minimum atomic E-state index is -0.442. The van der Waals surface area contributed by atoms with E-state index in [1.165, 1.54) is 6.07 Å². The molecular formula is C18H15ClFN5. The van der Waals surface area contributed by atoms with Crippen molar-refractivity contribution in [3.05, 3.63) is 59.5 Å². The highest BCUT2D eigenvalue weighted by Crippen LogP contribution is 2.30. The van der Waals surface area contributed by atoms with Crippen LogP contribution in [-0.2, 0) is 0 Å². The normalized spacial score (nSPS) is 13.5. The van der Waals surface area contributed by atoms with E-state index in [1.807, 2.05) is 18.2 Å². The molecule has 1 fully saturated rings. The minimum Gasteiger partial charge on any atom is -0.351 e. The number of hydrogen-bond acceptors (Lipinski definition) is 5. The summed E-state index contributed by atoms with van der Waals surface area (Å²) >= 11 is 6.10. The first-order valence-electron chi connectivity index (χ1n) is 7.97. The Morgan fingerprint density at radius 1 is 1.04 bits per heavy atom. The second-order valence-electron chi connectivity index (χ2n) is 5.82. The third-order valence-corrected chi connectivity index (χ3v) is 4.09. The Hall–Kier alpha value is -2.73. The quantitative estimate of drug-likeness (QED) is 0.697. The molecule has 0 bridgehead atoms. The number of pyridine rings is 1. The van der Waals surface area contributed by atoms with E-state index in [-0.39, 0.29) is 10.7 Å². The second kappa shape index (κ2) is 6.64. The molecule has 0 spiro atoms. The first-order valence-corrected chi connectivity index (χ1v) is 8.35. The minimum absolute atomic E-state index is 0.187. The zero-order valence-corrected chi connectivity index (χ0v) is 14.0. The van der Waals surface area contributed by atoms with Gasteiger partial charge in [0.15, 0.2) is 0 Å². The van der Waals surface area contributed by atoms with Crippen molar-refractivity contribution in [1.29, 1.82) is 0 Å². The van der Waals surface area contributed by atoms with Crippen LogP contribution in [0.5, 0.6) is 0 Å². The van der Waals surface area contributed by atoms with E-state index in [0.29, 0.717) is 29.2 Å². The lowest BCUT2D eigenvalue weighted by atomic mass is 10.2. The summed E-state index contributed by atoms with van der Waals surface area (Å²) in [6.07, 6.45) is 3.89. The third kappa shape index (κ3) is 3.69. The molecule has 2 aromatic heterocycles. The predicted octanol–water partition coefficient (Wildman–Crippen LogP) is 4.65. The second-order valence-corrected chi connectivity index (χ2v) is 6.22. The number of nitrogens with one attached hydrogen (secondary N) is 2. The van der Waals surface area contributed by atoms with Crippen LogP contribution < -0.4 is 10.6 Å². The van der Waals surface area contributed by atoms with Gasteiger partial charge in [0, 0.05) is 18.3 Å². The van der Waals surface area contributed by atoms with Crippen molar-refractivity contribution >= 4 is 29.1 Å². The summed E-state index contributed by atoms with van der Waals surface area (Å²) in [5.74, 6) is 0.494. The molecule has 1 aliphatic rings. The molecular weight excluding hydrogens is 341 g/mol. The largest absolute Gasteiger partial charge is 0.351 e. The van der Waals surface area contributed by atoms with Gasteiger partial charge in [-0.3, -0.25) is 4.98 Å². The number of hydrogen-bond donors (Lipinski definition) is 2. The average molecular weight is 356 g/mol. The SMILES string of the molecule is Fc1cccc(Cl)c1Nc1cc(-c2ccccn2)nc(NC2CC2)n1. The molecule has 2 heterocycles. The summed E-state index contributed by atoms with van der Waals surface area (Å²) in [5, 5.41) is 6.51. The van der Waals surface area contributed by atoms with E-state index in [2.05, 4.69) is 25.6 Å². The lowest BCUT2D eigenvalue weighted by Crippen LogP contribution is -2.08. The van der Waals surface area contributed by atoms with Crippen LogP contribution in [-0.4, -0.2) is 21.0 Å². The molecule has 2 N–H and O–H groups in total. The van der Waals surface area contributed by atoms with Gasteiger partial charge in [0.1, 0.15) is 11.6 Å². The van der Waals surface area contributed by atoms with Gasteiger partial charge in [-0.05, 0) is 37.1 Å². The van der Waals surface area contributed by atoms with Gasteiger partial charge >= 0.3 is 0 Å². The zero-order chi connectivity index (χ0) is 17.2. The van der Waals surface area contributed by atoms with Crippen molar-refractivity contribution in [2.24, 2.45) is 0 Å². The van der Waals surface area contributed by atoms with E-state index in [4.69, 9.17) is 11.6 Å². The lowest BCUT2D eigenvalue weighted by Gasteiger charge is -2.12. The summed E-state index contributed by atoms with van der Waals surface area (Å²) in [6, 6.07) is 12.2. The van der Waals surface area contributed by atoms with Gasteiger partial charge in [-0.2, -0.15) is 4.98 Å². The van der Waals surface area contributed by atoms with Crippen LogP contribution in [0.15, 0.2) is 48.7 Å². The van der Waals surface area contributed by atoms with Crippen molar-refractivity contribution in [2.75, 3.05) is 10.6 Å². The van der Waals surface area contributed by atoms with Crippen molar-refractivity contribution in [3.8, 4) is 11.4 Å². The fourth-order valence-electron chi connectivity index (χ4n) is 2.38. The maximum absolute atomic E-state index is 14.1. The number of anilines is 3. The van der Waals surface area contributed by atoms with Crippen LogP contribution in [0.3, 0.4) is 0 Å². The maximum Gasteiger partial charge on any atom is 0.225 e. The highest BCUT2D eigenvalue weighted by molar-refractivity contribution is 6.33. The molecule has 0 unspecified atom stereocenters. The van der Waals surface area contributed by atoms with E-state index in [1.54, 1.807) is 24.4 Å². The molecule has 1 aromatic carbocycles. The zero-order valence-electron chi connectivity index (χ0n) is 13.2. The molecule has 7 heteroatoms. The Balaban J connectivity index is 1.73. The van der Waals surface area contributed by atoms with Crippen LogP contribution in [0.1, 0.15) is 12.8 Å². The third-order valence-electron chi connectivity index (χ3n) is 3.78. The lowest BCUT2D eigenvalue weighted by molar-refractivity contribution is 0.632. The van der Waals surface area contributed by atoms with Gasteiger partial charge in [0.2, 0.25) is 5.95 Å². The van der Waals surface area contributed by atoms with Crippen molar-refractivity contribution in [3.63, 3.8) is 0 Å². The molecule has 3 aromatic rings. The predicted molar refractivity (Wildman–Crippen MR) is 96.6 cm³/mol. The van der Waals surface area contributed by atoms with E-state index < -0.39 is 5.82 Å². The summed E-state index contributed by atoms with van der Waals surface area (Å²) in [5.41, 5.74) is 1.55. The van der Waals surface area contributed by atoms with E-state index >= 15 is 0 Å². The summed E-state index contributed by atoms with van der Waals surface area (Å²) in [7, 11) is 0. The van der Waals surface area contributed by atoms with Gasteiger partial charge in [-0.25, -0.2) is 9.37 Å². The van der Waals surface area contributed by atoms with E-state index in [9.17, 15) is 4.39 Å². The molecule has 0 atom stereocenters. The number of nitrogens with zero attached hydrogens (tertiary/aromatic N) is 3. The van der Waals surface area contributed by atoms with Gasteiger partial charge in [0.25, 0.3) is 0 Å². The fraction of sp³-hybridized carbons (Fsp3) is 0.167. The van der Waals surface area contributed by atoms with Gasteiger partial charge < -0.3 is 10.6 Å². The molecule has 4 rings (SSSR count).